The number of nitrogens with zero attached hydrogens (tertiary/aromatic N) is 4. The number of methoxy groups -OCH3 is 1. The van der Waals surface area contributed by atoms with Gasteiger partial charge in [-0.1, -0.05) is 25.3 Å². The number of nitrogens with one attached hydrogen (secondary N) is 2. The molecule has 226 valence electrons. The van der Waals surface area contributed by atoms with Crippen molar-refractivity contribution in [2.45, 2.75) is 50.9 Å². The molecule has 3 fully saturated rings. The molecule has 0 radical (unpaired) electrons. The summed E-state index contributed by atoms with van der Waals surface area (Å²) < 4.78 is 37.3. The average Bonchev–Trinajstić information content (AvgIpc) is 3.41. The Morgan fingerprint density at radius 1 is 1.07 bits per heavy atom. The molecule has 3 aliphatic rings. The maximum absolute atomic E-state index is 12.7. The van der Waals surface area contributed by atoms with Crippen LogP contribution in [-0.4, -0.2) is 97.6 Å². The molecule has 1 saturated carbocycles. The molecular formula is C28H42N6O5S2. The van der Waals surface area contributed by atoms with Crippen LogP contribution in [0, 0.1) is 5.92 Å². The highest BCUT2D eigenvalue weighted by Gasteiger charge is 2.27. The number of rotatable bonds is 9. The van der Waals surface area contributed by atoms with E-state index >= 15 is 0 Å². The van der Waals surface area contributed by atoms with E-state index in [1.165, 1.54) is 49.0 Å². The van der Waals surface area contributed by atoms with Crippen LogP contribution in [0.25, 0.3) is 11.3 Å². The van der Waals surface area contributed by atoms with Gasteiger partial charge in [-0.2, -0.15) is 8.42 Å². The fourth-order valence-electron chi connectivity index (χ4n) is 6.39. The number of thiazole rings is 1. The van der Waals surface area contributed by atoms with Crippen molar-refractivity contribution in [2.75, 3.05) is 64.1 Å². The molecule has 2 saturated heterocycles. The van der Waals surface area contributed by atoms with Gasteiger partial charge in [0.2, 0.25) is 0 Å². The number of hydrogen-bond acceptors (Lipinski definition) is 9. The van der Waals surface area contributed by atoms with Crippen molar-refractivity contribution in [2.24, 2.45) is 5.92 Å². The first kappa shape index (κ1) is 30.2. The molecule has 1 aliphatic carbocycles. The first-order valence-corrected chi connectivity index (χ1v) is 17.1. The number of carbonyl (C=O) groups is 1. The molecule has 11 nitrogen and oxygen atoms in total. The number of hydrogen-bond donors (Lipinski definition) is 3. The summed E-state index contributed by atoms with van der Waals surface area (Å²) in [5.41, 5.74) is 6.03. The first-order valence-electron chi connectivity index (χ1n) is 14.6. The summed E-state index contributed by atoms with van der Waals surface area (Å²) in [5.74, 6) is 1.44. The number of carbonyl (C=O) groups excluding carboxylic acids is 1. The maximum atomic E-state index is 12.7. The van der Waals surface area contributed by atoms with Gasteiger partial charge >= 0.3 is 6.03 Å². The lowest BCUT2D eigenvalue weighted by atomic mass is 9.83. The highest BCUT2D eigenvalue weighted by molar-refractivity contribution is 7.85. The number of anilines is 1. The lowest BCUT2D eigenvalue weighted by Crippen LogP contribution is -2.55. The zero-order chi connectivity index (χ0) is 28.8. The number of ether oxygens (including phenoxy) is 1. The summed E-state index contributed by atoms with van der Waals surface area (Å²) in [6, 6.07) is 6.09. The van der Waals surface area contributed by atoms with Gasteiger partial charge in [-0.15, -0.1) is 11.3 Å². The van der Waals surface area contributed by atoms with E-state index in [2.05, 4.69) is 27.8 Å². The van der Waals surface area contributed by atoms with E-state index in [-0.39, 0.29) is 11.9 Å². The first-order chi connectivity index (χ1) is 19.8. The summed E-state index contributed by atoms with van der Waals surface area (Å²) >= 11 is 1.40. The normalized spacial score (nSPS) is 22.0. The Hall–Kier alpha value is -2.29. The Labute approximate surface area is 247 Å². The third-order valence-corrected chi connectivity index (χ3v) is 9.85. The zero-order valence-electron chi connectivity index (χ0n) is 23.8. The van der Waals surface area contributed by atoms with Gasteiger partial charge in [0.05, 0.1) is 12.8 Å². The van der Waals surface area contributed by atoms with Crippen molar-refractivity contribution in [1.82, 2.24) is 25.2 Å². The Morgan fingerprint density at radius 3 is 2.59 bits per heavy atom. The Balaban J connectivity index is 1.09. The molecule has 1 aromatic heterocycles. The Bertz CT molecular complexity index is 1270. The van der Waals surface area contributed by atoms with Crippen LogP contribution in [0.1, 0.15) is 56.4 Å². The molecule has 2 amide bonds. The number of likely N-dealkylation sites (tertiary alicyclic amines) is 1. The van der Waals surface area contributed by atoms with Crippen LogP contribution in [0.15, 0.2) is 23.6 Å². The lowest BCUT2D eigenvalue weighted by molar-refractivity contribution is 0.0758. The monoisotopic (exact) mass is 606 g/mol. The molecule has 0 spiro atoms. The number of benzene rings is 1. The minimum Gasteiger partial charge on any atom is -0.496 e. The summed E-state index contributed by atoms with van der Waals surface area (Å²) in [6.45, 7) is 5.28. The third-order valence-electron chi connectivity index (χ3n) is 8.40. The van der Waals surface area contributed by atoms with E-state index in [9.17, 15) is 13.2 Å². The third kappa shape index (κ3) is 8.62. The number of amides is 2. The second-order valence-electron chi connectivity index (χ2n) is 11.5. The number of aromatic nitrogens is 1. The van der Waals surface area contributed by atoms with Crippen LogP contribution in [-0.2, 0) is 10.1 Å². The quantitative estimate of drug-likeness (QED) is 0.362. The molecule has 1 aromatic carbocycles. The molecule has 0 bridgehead atoms. The minimum atomic E-state index is -3.99. The van der Waals surface area contributed by atoms with E-state index in [1.807, 2.05) is 21.4 Å². The summed E-state index contributed by atoms with van der Waals surface area (Å²) in [6.07, 6.45) is 8.30. The van der Waals surface area contributed by atoms with Gasteiger partial charge in [-0.05, 0) is 61.8 Å². The molecule has 2 aliphatic heterocycles. The molecule has 41 heavy (non-hydrogen) atoms. The second-order valence-corrected chi connectivity index (χ2v) is 13.8. The van der Waals surface area contributed by atoms with Gasteiger partial charge in [-0.3, -0.25) is 20.2 Å². The molecule has 13 heteroatoms. The average molecular weight is 607 g/mol. The van der Waals surface area contributed by atoms with E-state index < -0.39 is 10.1 Å². The number of hydrazine groups is 1. The van der Waals surface area contributed by atoms with Gasteiger partial charge in [0, 0.05) is 50.2 Å². The molecule has 5 rings (SSSR count). The van der Waals surface area contributed by atoms with Gasteiger partial charge < -0.3 is 9.64 Å². The van der Waals surface area contributed by atoms with Crippen molar-refractivity contribution in [1.29, 1.82) is 0 Å². The van der Waals surface area contributed by atoms with Gasteiger partial charge in [0.15, 0.2) is 5.13 Å². The van der Waals surface area contributed by atoms with Crippen molar-refractivity contribution < 1.29 is 22.5 Å². The van der Waals surface area contributed by atoms with E-state index in [4.69, 9.17) is 14.3 Å². The standard InChI is InChI=1S/C28H42N6O5S2/c1-39-26-10-9-23(22-7-3-2-4-8-22)16-24(26)25-19-40-28(29-25)30-27(35)31-34-14-12-32(13-15-34)17-21-6-5-11-33(18-21)20-41(36,37)38/h9-10,16,19,21-22H,2-8,11-15,17-18,20H2,1H3,(H,36,37,38)(H2,29,30,31,35)/t21-/m0/s1. The summed E-state index contributed by atoms with van der Waals surface area (Å²) in [7, 11) is -2.32. The fourth-order valence-corrected chi connectivity index (χ4v) is 7.80. The SMILES string of the molecule is COc1ccc(C2CCCCC2)cc1-c1csc(NC(=O)NN2CCN(C[C@@H]3CCCN(CS(=O)(=O)O)C3)CC2)n1. The van der Waals surface area contributed by atoms with Gasteiger partial charge in [-0.25, -0.2) is 14.8 Å². The van der Waals surface area contributed by atoms with Crippen LogP contribution < -0.4 is 15.5 Å². The molecular weight excluding hydrogens is 564 g/mol. The lowest BCUT2D eigenvalue weighted by Gasteiger charge is -2.38. The smallest absolute Gasteiger partial charge is 0.335 e. The summed E-state index contributed by atoms with van der Waals surface area (Å²) in [4.78, 5) is 21.6. The van der Waals surface area contributed by atoms with Crippen molar-refractivity contribution in [3.8, 4) is 17.0 Å². The van der Waals surface area contributed by atoms with Crippen LogP contribution in [0.5, 0.6) is 5.75 Å². The second kappa shape index (κ2) is 13.8. The Kier molecular flexibility index (Phi) is 10.1. The molecule has 3 heterocycles. The zero-order valence-corrected chi connectivity index (χ0v) is 25.4. The molecule has 0 unspecified atom stereocenters. The van der Waals surface area contributed by atoms with Gasteiger partial charge in [0.25, 0.3) is 10.1 Å². The van der Waals surface area contributed by atoms with E-state index in [0.29, 0.717) is 43.1 Å². The van der Waals surface area contributed by atoms with Crippen molar-refractivity contribution in [3.05, 3.63) is 29.1 Å². The van der Waals surface area contributed by atoms with Crippen molar-refractivity contribution >= 4 is 32.6 Å². The van der Waals surface area contributed by atoms with E-state index in [1.54, 1.807) is 7.11 Å². The predicted octanol–water partition coefficient (Wildman–Crippen LogP) is 4.08. The highest BCUT2D eigenvalue weighted by Crippen LogP contribution is 2.38. The molecule has 1 atom stereocenters. The largest absolute Gasteiger partial charge is 0.496 e. The number of piperazine rings is 1. The van der Waals surface area contributed by atoms with E-state index in [0.717, 1.165) is 49.5 Å². The maximum Gasteiger partial charge on any atom is 0.335 e. The van der Waals surface area contributed by atoms with Crippen molar-refractivity contribution in [3.63, 3.8) is 0 Å². The molecule has 3 N–H and O–H groups in total. The summed E-state index contributed by atoms with van der Waals surface area (Å²) in [5, 5.41) is 7.29. The minimum absolute atomic E-state index is 0.294. The van der Waals surface area contributed by atoms with Gasteiger partial charge in [0.1, 0.15) is 11.6 Å². The fraction of sp³-hybridized carbons (Fsp3) is 0.643. The topological polar surface area (TPSA) is 127 Å². The van der Waals surface area contributed by atoms with Crippen LogP contribution in [0.2, 0.25) is 0 Å². The Morgan fingerprint density at radius 2 is 1.85 bits per heavy atom. The number of piperidine rings is 1. The number of urea groups is 1. The predicted molar refractivity (Wildman–Crippen MR) is 161 cm³/mol. The molecule has 2 aromatic rings. The highest BCUT2D eigenvalue weighted by atomic mass is 32.2. The van der Waals surface area contributed by atoms with Crippen LogP contribution >= 0.6 is 11.3 Å². The van der Waals surface area contributed by atoms with Crippen LogP contribution in [0.4, 0.5) is 9.93 Å². The van der Waals surface area contributed by atoms with Crippen LogP contribution in [0.3, 0.4) is 0 Å².